The standard InChI is InChI=1S/C63H67BN2O/c1-38-32-53-58-54(33-38)66(42-25-26-45-46(35-42)61(7,8)29-28-60(45,5)6)52-37-48-47(62(9,10)30-31-63(48,11)12)36-50(52)64(58)49-27-22-40(59(2,3)4)34-51(49)65(53)41-23-20-39(21-24-41)43-17-15-19-56-57(43)44-16-13-14-18-55(44)67-56/h13-14,16-18,20-27,32-37H,15,19,28-31H2,1-12H3. The summed E-state index contributed by atoms with van der Waals surface area (Å²) in [5, 5.41) is 1.20. The van der Waals surface area contributed by atoms with E-state index in [1.807, 2.05) is 0 Å². The Hall–Kier alpha value is -5.74. The fourth-order valence-electron chi connectivity index (χ4n) is 13.0. The van der Waals surface area contributed by atoms with E-state index in [4.69, 9.17) is 4.42 Å². The van der Waals surface area contributed by atoms with Crippen LogP contribution in [0.2, 0.25) is 0 Å². The van der Waals surface area contributed by atoms with E-state index in [0.717, 1.165) is 24.2 Å². The molecule has 5 aliphatic rings. The van der Waals surface area contributed by atoms with Crippen molar-refractivity contribution in [2.75, 3.05) is 9.80 Å². The van der Waals surface area contributed by atoms with Crippen LogP contribution in [-0.2, 0) is 33.5 Å². The third-order valence-electron chi connectivity index (χ3n) is 17.2. The maximum atomic E-state index is 6.44. The minimum atomic E-state index is -0.0220. The highest BCUT2D eigenvalue weighted by atomic mass is 16.3. The van der Waals surface area contributed by atoms with Gasteiger partial charge in [0.25, 0.3) is 6.71 Å². The summed E-state index contributed by atoms with van der Waals surface area (Å²) in [5.41, 5.74) is 25.5. The lowest BCUT2D eigenvalue weighted by Gasteiger charge is -2.48. The van der Waals surface area contributed by atoms with Crippen LogP contribution in [0.3, 0.4) is 0 Å². The molecule has 0 fully saturated rings. The van der Waals surface area contributed by atoms with Gasteiger partial charge in [0, 0.05) is 51.5 Å². The Labute approximate surface area is 400 Å². The van der Waals surface area contributed by atoms with Crippen LogP contribution in [0, 0.1) is 6.92 Å². The number of allylic oxidation sites excluding steroid dienone is 1. The third kappa shape index (κ3) is 6.37. The van der Waals surface area contributed by atoms with Crippen molar-refractivity contribution in [3.8, 4) is 0 Å². The lowest BCUT2D eigenvalue weighted by molar-refractivity contribution is 0.332. The summed E-state index contributed by atoms with van der Waals surface area (Å²) in [6.45, 7) is 29.2. The summed E-state index contributed by atoms with van der Waals surface area (Å²) in [6, 6.07) is 43.2. The number of anilines is 6. The lowest BCUT2D eigenvalue weighted by atomic mass is 9.33. The molecule has 0 saturated heterocycles. The first-order chi connectivity index (χ1) is 31.7. The molecule has 0 N–H and O–H groups in total. The molecule has 7 aromatic rings. The van der Waals surface area contributed by atoms with Crippen LogP contribution >= 0.6 is 0 Å². The molecule has 12 rings (SSSR count). The lowest BCUT2D eigenvalue weighted by Crippen LogP contribution is -2.62. The average Bonchev–Trinajstić information content (AvgIpc) is 3.68. The number of aryl methyl sites for hydroxylation is 2. The molecule has 0 bridgehead atoms. The first kappa shape index (κ1) is 42.6. The molecular formula is C63H67BN2O. The first-order valence-electron chi connectivity index (χ1n) is 25.3. The summed E-state index contributed by atoms with van der Waals surface area (Å²) >= 11 is 0. The molecular weight excluding hydrogens is 812 g/mol. The molecule has 0 amide bonds. The van der Waals surface area contributed by atoms with E-state index in [1.54, 1.807) is 0 Å². The van der Waals surface area contributed by atoms with Gasteiger partial charge in [-0.25, -0.2) is 0 Å². The van der Waals surface area contributed by atoms with Crippen LogP contribution in [-0.4, -0.2) is 6.71 Å². The summed E-state index contributed by atoms with van der Waals surface area (Å²) in [6.07, 6.45) is 9.08. The zero-order valence-electron chi connectivity index (χ0n) is 42.1. The average molecular weight is 879 g/mol. The van der Waals surface area contributed by atoms with Crippen molar-refractivity contribution in [3.63, 3.8) is 0 Å². The van der Waals surface area contributed by atoms with Crippen LogP contribution in [0.4, 0.5) is 34.1 Å². The maximum Gasteiger partial charge on any atom is 0.252 e. The topological polar surface area (TPSA) is 19.6 Å². The fourth-order valence-corrected chi connectivity index (χ4v) is 13.0. The van der Waals surface area contributed by atoms with Crippen molar-refractivity contribution in [1.29, 1.82) is 0 Å². The number of hydrogen-bond donors (Lipinski definition) is 0. The Balaban J connectivity index is 1.11. The Morgan fingerprint density at radius 1 is 0.552 bits per heavy atom. The molecule has 0 spiro atoms. The Kier molecular flexibility index (Phi) is 9.00. The maximum absolute atomic E-state index is 6.44. The van der Waals surface area contributed by atoms with Crippen molar-refractivity contribution < 1.29 is 4.42 Å². The van der Waals surface area contributed by atoms with Gasteiger partial charge in [-0.2, -0.15) is 0 Å². The van der Waals surface area contributed by atoms with Crippen molar-refractivity contribution in [2.24, 2.45) is 0 Å². The Morgan fingerprint density at radius 3 is 1.81 bits per heavy atom. The monoisotopic (exact) mass is 879 g/mol. The molecule has 67 heavy (non-hydrogen) atoms. The van der Waals surface area contributed by atoms with Crippen LogP contribution in [0.1, 0.15) is 159 Å². The molecule has 338 valence electrons. The number of para-hydroxylation sites is 1. The van der Waals surface area contributed by atoms with Gasteiger partial charge in [-0.05, 0) is 182 Å². The molecule has 2 aliphatic heterocycles. The molecule has 4 heteroatoms. The smallest absolute Gasteiger partial charge is 0.252 e. The molecule has 0 saturated carbocycles. The SMILES string of the molecule is Cc1cc2c3c(c1)N(c1ccc4c(c1)C(C)(C)CCC4(C)C)c1cc4c(cc1B3c1ccc(C(C)(C)C)cc1N2c1ccc(C2=CCCc3oc5ccccc5c32)cc1)C(C)(C)CCC4(C)C. The molecule has 3 nitrogen and oxygen atoms in total. The van der Waals surface area contributed by atoms with Crippen molar-refractivity contribution in [3.05, 3.63) is 166 Å². The first-order valence-corrected chi connectivity index (χ1v) is 25.3. The van der Waals surface area contributed by atoms with Crippen LogP contribution in [0.15, 0.2) is 120 Å². The summed E-state index contributed by atoms with van der Waals surface area (Å²) in [7, 11) is 0. The van der Waals surface area contributed by atoms with Gasteiger partial charge in [0.05, 0.1) is 0 Å². The van der Waals surface area contributed by atoms with Gasteiger partial charge in [0.15, 0.2) is 0 Å². The minimum Gasteiger partial charge on any atom is -0.460 e. The Bertz CT molecular complexity index is 3260. The van der Waals surface area contributed by atoms with Gasteiger partial charge in [-0.15, -0.1) is 0 Å². The molecule has 1 aromatic heterocycles. The second kappa shape index (κ2) is 14.2. The van der Waals surface area contributed by atoms with Crippen LogP contribution < -0.4 is 26.2 Å². The van der Waals surface area contributed by atoms with E-state index >= 15 is 0 Å². The number of nitrogens with zero attached hydrogens (tertiary/aromatic N) is 2. The number of furan rings is 1. The largest absolute Gasteiger partial charge is 0.460 e. The number of fused-ring (bicyclic) bond motifs is 9. The third-order valence-corrected chi connectivity index (χ3v) is 17.2. The number of hydrogen-bond acceptors (Lipinski definition) is 3. The van der Waals surface area contributed by atoms with Crippen molar-refractivity contribution in [2.45, 2.75) is 149 Å². The van der Waals surface area contributed by atoms with E-state index in [1.165, 1.54) is 132 Å². The molecule has 0 radical (unpaired) electrons. The van der Waals surface area contributed by atoms with E-state index in [0.29, 0.717) is 0 Å². The second-order valence-electron chi connectivity index (χ2n) is 24.7. The molecule has 6 aromatic carbocycles. The van der Waals surface area contributed by atoms with Crippen LogP contribution in [0.5, 0.6) is 0 Å². The van der Waals surface area contributed by atoms with Gasteiger partial charge in [0.2, 0.25) is 0 Å². The van der Waals surface area contributed by atoms with Gasteiger partial charge in [-0.1, -0.05) is 137 Å². The molecule has 0 unspecified atom stereocenters. The van der Waals surface area contributed by atoms with E-state index < -0.39 is 0 Å². The minimum absolute atomic E-state index is 0.0220. The van der Waals surface area contributed by atoms with Crippen molar-refractivity contribution >= 4 is 73.8 Å². The predicted octanol–water partition coefficient (Wildman–Crippen LogP) is 15.2. The predicted molar refractivity (Wildman–Crippen MR) is 286 cm³/mol. The quantitative estimate of drug-likeness (QED) is 0.165. The molecule has 3 heterocycles. The normalized spacial score (nSPS) is 19.2. The number of benzene rings is 6. The fraction of sp³-hybridized carbons (Fsp3) is 0.365. The van der Waals surface area contributed by atoms with E-state index in [2.05, 4.69) is 208 Å². The summed E-state index contributed by atoms with van der Waals surface area (Å²) in [4.78, 5) is 5.30. The van der Waals surface area contributed by atoms with Gasteiger partial charge in [0.1, 0.15) is 11.3 Å². The highest BCUT2D eigenvalue weighted by Gasteiger charge is 2.47. The summed E-state index contributed by atoms with van der Waals surface area (Å²) < 4.78 is 6.44. The van der Waals surface area contributed by atoms with E-state index in [-0.39, 0.29) is 33.8 Å². The zero-order valence-corrected chi connectivity index (χ0v) is 42.1. The summed E-state index contributed by atoms with van der Waals surface area (Å²) in [5.74, 6) is 1.10. The van der Waals surface area contributed by atoms with Gasteiger partial charge >= 0.3 is 0 Å². The van der Waals surface area contributed by atoms with Crippen LogP contribution in [0.25, 0.3) is 16.5 Å². The Morgan fingerprint density at radius 2 is 1.13 bits per heavy atom. The second-order valence-corrected chi connectivity index (χ2v) is 24.7. The molecule has 3 aliphatic carbocycles. The van der Waals surface area contributed by atoms with Gasteiger partial charge in [-0.3, -0.25) is 0 Å². The molecule has 0 atom stereocenters. The van der Waals surface area contributed by atoms with Gasteiger partial charge < -0.3 is 14.2 Å². The zero-order chi connectivity index (χ0) is 46.7. The number of rotatable bonds is 3. The highest BCUT2D eigenvalue weighted by Crippen LogP contribution is 2.53. The highest BCUT2D eigenvalue weighted by molar-refractivity contribution is 7.00. The van der Waals surface area contributed by atoms with Crippen molar-refractivity contribution in [1.82, 2.24) is 0 Å². The van der Waals surface area contributed by atoms with E-state index in [9.17, 15) is 0 Å².